The smallest absolute Gasteiger partial charge is 0.0499 e. The van der Waals surface area contributed by atoms with Gasteiger partial charge in [0.2, 0.25) is 0 Å². The third-order valence-corrected chi connectivity index (χ3v) is 5.72. The Bertz CT molecular complexity index is 463. The molecule has 5 heteroatoms. The third-order valence-electron chi connectivity index (χ3n) is 2.88. The number of rotatable bonds is 1. The van der Waals surface area contributed by atoms with Crippen molar-refractivity contribution in [2.45, 2.75) is 0 Å². The fourth-order valence-electron chi connectivity index (χ4n) is 1.81. The van der Waals surface area contributed by atoms with Gasteiger partial charge in [0.15, 0.2) is 0 Å². The zero-order chi connectivity index (χ0) is 11.6. The first kappa shape index (κ1) is 11.9. The number of anilines is 1. The van der Waals surface area contributed by atoms with E-state index < -0.39 is 9.73 Å². The van der Waals surface area contributed by atoms with E-state index in [1.54, 1.807) is 7.05 Å². The summed E-state index contributed by atoms with van der Waals surface area (Å²) in [5.74, 6) is 1.36. The number of hydrogen-bond donors (Lipinski definition) is 0. The molecule has 0 aromatic heterocycles. The van der Waals surface area contributed by atoms with Gasteiger partial charge < -0.3 is 4.90 Å². The SMILES string of the molecule is CN=S1(=O)CCN(c2ccc(Br)cc2)CC1. The van der Waals surface area contributed by atoms with E-state index in [0.717, 1.165) is 17.6 Å². The van der Waals surface area contributed by atoms with Gasteiger partial charge in [-0.15, -0.1) is 0 Å². The van der Waals surface area contributed by atoms with Gasteiger partial charge in [-0.25, -0.2) is 8.57 Å². The predicted octanol–water partition coefficient (Wildman–Crippen LogP) is 2.37. The molecule has 1 aliphatic heterocycles. The van der Waals surface area contributed by atoms with E-state index in [-0.39, 0.29) is 0 Å². The molecule has 0 N–H and O–H groups in total. The van der Waals surface area contributed by atoms with Gasteiger partial charge in [-0.1, -0.05) is 15.9 Å². The van der Waals surface area contributed by atoms with Crippen molar-refractivity contribution in [3.63, 3.8) is 0 Å². The molecule has 16 heavy (non-hydrogen) atoms. The van der Waals surface area contributed by atoms with Crippen molar-refractivity contribution in [1.82, 2.24) is 0 Å². The van der Waals surface area contributed by atoms with E-state index in [1.807, 2.05) is 12.1 Å². The highest BCUT2D eigenvalue weighted by Crippen LogP contribution is 2.20. The first-order valence-corrected chi connectivity index (χ1v) is 7.89. The van der Waals surface area contributed by atoms with E-state index in [4.69, 9.17) is 0 Å². The van der Waals surface area contributed by atoms with Gasteiger partial charge in [0, 0.05) is 51.5 Å². The molecule has 0 spiro atoms. The van der Waals surface area contributed by atoms with E-state index in [2.05, 4.69) is 37.3 Å². The highest BCUT2D eigenvalue weighted by molar-refractivity contribution is 9.10. The van der Waals surface area contributed by atoms with Crippen LogP contribution in [0.5, 0.6) is 0 Å². The molecule has 0 saturated carbocycles. The first-order chi connectivity index (χ1) is 7.63. The second-order valence-corrected chi connectivity index (χ2v) is 7.47. The lowest BCUT2D eigenvalue weighted by molar-refractivity contribution is 0.665. The second kappa shape index (κ2) is 4.75. The van der Waals surface area contributed by atoms with Crippen molar-refractivity contribution in [2.24, 2.45) is 4.36 Å². The average molecular weight is 303 g/mol. The van der Waals surface area contributed by atoms with Crippen LogP contribution in [-0.4, -0.2) is 35.9 Å². The lowest BCUT2D eigenvalue weighted by atomic mass is 10.3. The van der Waals surface area contributed by atoms with Crippen LogP contribution in [0.25, 0.3) is 0 Å². The van der Waals surface area contributed by atoms with Crippen LogP contribution < -0.4 is 4.90 Å². The van der Waals surface area contributed by atoms with Crippen LogP contribution in [0.4, 0.5) is 5.69 Å². The molecule has 1 heterocycles. The molecule has 1 fully saturated rings. The van der Waals surface area contributed by atoms with Crippen LogP contribution in [0.3, 0.4) is 0 Å². The summed E-state index contributed by atoms with van der Waals surface area (Å²) >= 11 is 3.42. The summed E-state index contributed by atoms with van der Waals surface area (Å²) in [6.07, 6.45) is 0. The topological polar surface area (TPSA) is 32.7 Å². The van der Waals surface area contributed by atoms with E-state index in [9.17, 15) is 4.21 Å². The van der Waals surface area contributed by atoms with Gasteiger partial charge in [-0.05, 0) is 24.3 Å². The minimum Gasteiger partial charge on any atom is -0.370 e. The Labute approximate surface area is 105 Å². The van der Waals surface area contributed by atoms with Crippen LogP contribution in [0.15, 0.2) is 33.1 Å². The molecule has 1 aromatic carbocycles. The fraction of sp³-hybridized carbons (Fsp3) is 0.455. The summed E-state index contributed by atoms with van der Waals surface area (Å²) in [6, 6.07) is 8.23. The van der Waals surface area contributed by atoms with Gasteiger partial charge in [-0.3, -0.25) is 0 Å². The number of halogens is 1. The molecule has 1 aliphatic rings. The van der Waals surface area contributed by atoms with Crippen LogP contribution in [0.2, 0.25) is 0 Å². The molecule has 1 saturated heterocycles. The highest BCUT2D eigenvalue weighted by atomic mass is 79.9. The molecule has 0 atom stereocenters. The standard InChI is InChI=1S/C11H15BrN2OS/c1-13-16(15)8-6-14(7-9-16)11-4-2-10(12)3-5-11/h2-5H,6-9H2,1H3. The zero-order valence-electron chi connectivity index (χ0n) is 9.23. The average Bonchev–Trinajstić information content (AvgIpc) is 2.32. The van der Waals surface area contributed by atoms with Gasteiger partial charge in [0.05, 0.1) is 0 Å². The highest BCUT2D eigenvalue weighted by Gasteiger charge is 2.19. The van der Waals surface area contributed by atoms with Crippen molar-refractivity contribution in [3.05, 3.63) is 28.7 Å². The van der Waals surface area contributed by atoms with Crippen molar-refractivity contribution in [1.29, 1.82) is 0 Å². The fourth-order valence-corrected chi connectivity index (χ4v) is 3.66. The Balaban J connectivity index is 2.10. The van der Waals surface area contributed by atoms with Gasteiger partial charge in [-0.2, -0.15) is 0 Å². The quantitative estimate of drug-likeness (QED) is 0.798. The molecule has 88 valence electrons. The Morgan fingerprint density at radius 1 is 1.25 bits per heavy atom. The molecule has 0 radical (unpaired) electrons. The maximum absolute atomic E-state index is 12.0. The summed E-state index contributed by atoms with van der Waals surface area (Å²) < 4.78 is 17.1. The molecule has 0 unspecified atom stereocenters. The predicted molar refractivity (Wildman–Crippen MR) is 72.6 cm³/mol. The summed E-state index contributed by atoms with van der Waals surface area (Å²) in [6.45, 7) is 1.66. The Hall–Kier alpha value is -0.550. The molecule has 0 aliphatic carbocycles. The zero-order valence-corrected chi connectivity index (χ0v) is 11.6. The summed E-state index contributed by atoms with van der Waals surface area (Å²) in [5.41, 5.74) is 1.20. The lowest BCUT2D eigenvalue weighted by Gasteiger charge is -2.30. The second-order valence-electron chi connectivity index (χ2n) is 3.83. The van der Waals surface area contributed by atoms with Crippen LogP contribution >= 0.6 is 15.9 Å². The maximum atomic E-state index is 12.0. The monoisotopic (exact) mass is 302 g/mol. The van der Waals surface area contributed by atoms with Crippen molar-refractivity contribution in [3.8, 4) is 0 Å². The molecule has 2 rings (SSSR count). The minimum atomic E-state index is -1.90. The van der Waals surface area contributed by atoms with Crippen molar-refractivity contribution < 1.29 is 4.21 Å². The molecule has 0 amide bonds. The molecule has 3 nitrogen and oxygen atoms in total. The molecule has 0 bridgehead atoms. The van der Waals surface area contributed by atoms with Crippen LogP contribution in [0.1, 0.15) is 0 Å². The van der Waals surface area contributed by atoms with E-state index in [0.29, 0.717) is 11.5 Å². The minimum absolute atomic E-state index is 0.680. The molecular formula is C11H15BrN2OS. The summed E-state index contributed by atoms with van der Waals surface area (Å²) in [5, 5.41) is 0. The van der Waals surface area contributed by atoms with Gasteiger partial charge in [0.25, 0.3) is 0 Å². The van der Waals surface area contributed by atoms with Crippen molar-refractivity contribution >= 4 is 31.3 Å². The van der Waals surface area contributed by atoms with Gasteiger partial charge >= 0.3 is 0 Å². The van der Waals surface area contributed by atoms with E-state index in [1.165, 1.54) is 5.69 Å². The summed E-state index contributed by atoms with van der Waals surface area (Å²) in [4.78, 5) is 2.26. The van der Waals surface area contributed by atoms with Crippen LogP contribution in [-0.2, 0) is 9.73 Å². The van der Waals surface area contributed by atoms with E-state index >= 15 is 0 Å². The van der Waals surface area contributed by atoms with Crippen LogP contribution in [0, 0.1) is 0 Å². The summed E-state index contributed by atoms with van der Waals surface area (Å²) in [7, 11) is -0.239. The Morgan fingerprint density at radius 2 is 1.81 bits per heavy atom. The normalized spacial score (nSPS) is 19.5. The largest absolute Gasteiger partial charge is 0.370 e. The first-order valence-electron chi connectivity index (χ1n) is 5.24. The number of nitrogens with zero attached hydrogens (tertiary/aromatic N) is 2. The van der Waals surface area contributed by atoms with Gasteiger partial charge in [0.1, 0.15) is 0 Å². The molecular weight excluding hydrogens is 288 g/mol. The molecule has 1 aromatic rings. The Morgan fingerprint density at radius 3 is 2.31 bits per heavy atom. The number of benzene rings is 1. The third kappa shape index (κ3) is 2.58. The van der Waals surface area contributed by atoms with Crippen molar-refractivity contribution in [2.75, 3.05) is 36.5 Å². The number of hydrogen-bond acceptors (Lipinski definition) is 3. The Kier molecular flexibility index (Phi) is 3.54. The lowest BCUT2D eigenvalue weighted by Crippen LogP contribution is -2.40. The maximum Gasteiger partial charge on any atom is 0.0499 e.